The second-order valence-electron chi connectivity index (χ2n) is 6.71. The number of nitrogens with two attached hydrogens (primary N) is 1. The normalized spacial score (nSPS) is 10.9. The number of benzene rings is 1. The molecule has 7 nitrogen and oxygen atoms in total. The van der Waals surface area contributed by atoms with Crippen molar-refractivity contribution in [2.75, 3.05) is 12.3 Å². The minimum Gasteiger partial charge on any atom is -0.384 e. The van der Waals surface area contributed by atoms with E-state index in [0.717, 1.165) is 41.2 Å². The topological polar surface area (TPSA) is 90.8 Å². The van der Waals surface area contributed by atoms with Gasteiger partial charge in [-0.2, -0.15) is 10.2 Å². The van der Waals surface area contributed by atoms with Crippen LogP contribution in [0.25, 0.3) is 5.69 Å². The van der Waals surface area contributed by atoms with E-state index in [2.05, 4.69) is 15.5 Å². The minimum atomic E-state index is 0.0172. The maximum absolute atomic E-state index is 12.2. The lowest BCUT2D eigenvalue weighted by Crippen LogP contribution is -2.26. The molecule has 0 unspecified atom stereocenters. The summed E-state index contributed by atoms with van der Waals surface area (Å²) < 4.78 is 3.55. The molecule has 7 heteroatoms. The third-order valence-corrected chi connectivity index (χ3v) is 4.72. The predicted octanol–water partition coefficient (Wildman–Crippen LogP) is 2.10. The van der Waals surface area contributed by atoms with Gasteiger partial charge in [0.25, 0.3) is 0 Å². The molecule has 0 bridgehead atoms. The molecular formula is C20H26N6O. The highest BCUT2D eigenvalue weighted by Gasteiger charge is 2.13. The summed E-state index contributed by atoms with van der Waals surface area (Å²) in [6, 6.07) is 11.7. The maximum atomic E-state index is 12.2. The Labute approximate surface area is 159 Å². The SMILES string of the molecule is Cc1nn(C)c(C)c1CC(=O)NCCCc1cc(N)n(-c2ccccc2)n1. The van der Waals surface area contributed by atoms with Crippen molar-refractivity contribution in [1.29, 1.82) is 0 Å². The monoisotopic (exact) mass is 366 g/mol. The van der Waals surface area contributed by atoms with E-state index in [1.807, 2.05) is 62.0 Å². The quantitative estimate of drug-likeness (QED) is 0.627. The van der Waals surface area contributed by atoms with Gasteiger partial charge in [0.1, 0.15) is 5.82 Å². The molecule has 0 spiro atoms. The lowest BCUT2D eigenvalue weighted by Gasteiger charge is -2.05. The van der Waals surface area contributed by atoms with Crippen LogP contribution in [-0.4, -0.2) is 32.0 Å². The largest absolute Gasteiger partial charge is 0.384 e. The third-order valence-electron chi connectivity index (χ3n) is 4.72. The number of nitrogens with one attached hydrogen (secondary N) is 1. The molecule has 1 amide bonds. The van der Waals surface area contributed by atoms with Crippen molar-refractivity contribution >= 4 is 11.7 Å². The molecule has 0 fully saturated rings. The zero-order chi connectivity index (χ0) is 19.4. The van der Waals surface area contributed by atoms with Crippen LogP contribution in [0.2, 0.25) is 0 Å². The zero-order valence-electron chi connectivity index (χ0n) is 16.1. The predicted molar refractivity (Wildman–Crippen MR) is 106 cm³/mol. The van der Waals surface area contributed by atoms with Crippen LogP contribution in [0.15, 0.2) is 36.4 Å². The van der Waals surface area contributed by atoms with Crippen LogP contribution < -0.4 is 11.1 Å². The van der Waals surface area contributed by atoms with Crippen molar-refractivity contribution in [3.05, 3.63) is 59.0 Å². The summed E-state index contributed by atoms with van der Waals surface area (Å²) in [6.45, 7) is 4.52. The first kappa shape index (κ1) is 18.7. The van der Waals surface area contributed by atoms with E-state index in [1.165, 1.54) is 0 Å². The summed E-state index contributed by atoms with van der Waals surface area (Å²) in [6.07, 6.45) is 1.93. The number of para-hydroxylation sites is 1. The number of nitrogens with zero attached hydrogens (tertiary/aromatic N) is 4. The summed E-state index contributed by atoms with van der Waals surface area (Å²) in [7, 11) is 1.89. The summed E-state index contributed by atoms with van der Waals surface area (Å²) >= 11 is 0. The zero-order valence-corrected chi connectivity index (χ0v) is 16.1. The lowest BCUT2D eigenvalue weighted by atomic mass is 10.1. The Hall–Kier alpha value is -3.09. The third kappa shape index (κ3) is 4.36. The standard InChI is InChI=1S/C20H26N6O/c1-14-18(15(2)25(3)23-14)13-20(27)22-11-7-8-16-12-19(21)26(24-16)17-9-5-4-6-10-17/h4-6,9-10,12H,7-8,11,13,21H2,1-3H3,(H,22,27). The van der Waals surface area contributed by atoms with Gasteiger partial charge in [-0.1, -0.05) is 18.2 Å². The number of anilines is 1. The van der Waals surface area contributed by atoms with Gasteiger partial charge >= 0.3 is 0 Å². The van der Waals surface area contributed by atoms with Gasteiger partial charge in [-0.15, -0.1) is 0 Å². The Morgan fingerprint density at radius 3 is 2.59 bits per heavy atom. The fourth-order valence-electron chi connectivity index (χ4n) is 3.14. The molecule has 0 aliphatic carbocycles. The first-order valence-electron chi connectivity index (χ1n) is 9.11. The van der Waals surface area contributed by atoms with Gasteiger partial charge in [0, 0.05) is 30.9 Å². The molecule has 2 heterocycles. The molecule has 0 aliphatic rings. The molecule has 0 atom stereocenters. The van der Waals surface area contributed by atoms with Crippen LogP contribution in [0.5, 0.6) is 0 Å². The lowest BCUT2D eigenvalue weighted by molar-refractivity contribution is -0.120. The van der Waals surface area contributed by atoms with E-state index in [9.17, 15) is 4.79 Å². The van der Waals surface area contributed by atoms with E-state index in [-0.39, 0.29) is 5.91 Å². The molecule has 0 radical (unpaired) electrons. The van der Waals surface area contributed by atoms with Crippen molar-refractivity contribution < 1.29 is 4.79 Å². The van der Waals surface area contributed by atoms with Gasteiger partial charge in [0.2, 0.25) is 5.91 Å². The Kier molecular flexibility index (Phi) is 5.59. The van der Waals surface area contributed by atoms with Gasteiger partial charge in [-0.3, -0.25) is 9.48 Å². The van der Waals surface area contributed by atoms with Crippen LogP contribution >= 0.6 is 0 Å². The summed E-state index contributed by atoms with van der Waals surface area (Å²) in [5, 5.41) is 11.9. The van der Waals surface area contributed by atoms with Crippen LogP contribution in [0.4, 0.5) is 5.82 Å². The van der Waals surface area contributed by atoms with E-state index in [0.29, 0.717) is 18.8 Å². The fourth-order valence-corrected chi connectivity index (χ4v) is 3.14. The van der Waals surface area contributed by atoms with Crippen molar-refractivity contribution in [2.24, 2.45) is 7.05 Å². The average Bonchev–Trinajstić information content (AvgIpc) is 3.14. The molecule has 142 valence electrons. The Bertz CT molecular complexity index is 926. The number of carbonyl (C=O) groups excluding carboxylic acids is 1. The number of rotatable bonds is 7. The van der Waals surface area contributed by atoms with Gasteiger partial charge < -0.3 is 11.1 Å². The van der Waals surface area contributed by atoms with Crippen molar-refractivity contribution in [3.63, 3.8) is 0 Å². The molecule has 3 N–H and O–H groups in total. The van der Waals surface area contributed by atoms with E-state index < -0.39 is 0 Å². The van der Waals surface area contributed by atoms with E-state index in [1.54, 1.807) is 4.68 Å². The van der Waals surface area contributed by atoms with Crippen molar-refractivity contribution in [3.8, 4) is 5.69 Å². The Morgan fingerprint density at radius 2 is 1.93 bits per heavy atom. The van der Waals surface area contributed by atoms with Gasteiger partial charge in [-0.05, 0) is 38.8 Å². The van der Waals surface area contributed by atoms with Crippen LogP contribution in [0, 0.1) is 13.8 Å². The first-order valence-corrected chi connectivity index (χ1v) is 9.11. The molecule has 27 heavy (non-hydrogen) atoms. The molecule has 0 saturated heterocycles. The number of nitrogen functional groups attached to an aromatic ring is 1. The minimum absolute atomic E-state index is 0.0172. The fraction of sp³-hybridized carbons (Fsp3) is 0.350. The van der Waals surface area contributed by atoms with Gasteiger partial charge in [0.15, 0.2) is 0 Å². The second kappa shape index (κ2) is 8.07. The van der Waals surface area contributed by atoms with Gasteiger partial charge in [0.05, 0.1) is 23.5 Å². The van der Waals surface area contributed by atoms with Crippen LogP contribution in [0.3, 0.4) is 0 Å². The van der Waals surface area contributed by atoms with Gasteiger partial charge in [-0.25, -0.2) is 4.68 Å². The number of amides is 1. The number of carbonyl (C=O) groups is 1. The highest BCUT2D eigenvalue weighted by atomic mass is 16.1. The molecule has 0 saturated carbocycles. The van der Waals surface area contributed by atoms with Crippen LogP contribution in [0.1, 0.15) is 29.1 Å². The van der Waals surface area contributed by atoms with Crippen LogP contribution in [-0.2, 0) is 24.7 Å². The number of aromatic nitrogens is 4. The van der Waals surface area contributed by atoms with E-state index in [4.69, 9.17) is 5.73 Å². The molecule has 0 aliphatic heterocycles. The number of hydrogen-bond donors (Lipinski definition) is 2. The van der Waals surface area contributed by atoms with Crippen molar-refractivity contribution in [2.45, 2.75) is 33.1 Å². The second-order valence-corrected chi connectivity index (χ2v) is 6.71. The number of hydrogen-bond acceptors (Lipinski definition) is 4. The smallest absolute Gasteiger partial charge is 0.224 e. The molecule has 1 aromatic carbocycles. The summed E-state index contributed by atoms with van der Waals surface area (Å²) in [5.74, 6) is 0.631. The maximum Gasteiger partial charge on any atom is 0.224 e. The Morgan fingerprint density at radius 1 is 1.19 bits per heavy atom. The highest BCUT2D eigenvalue weighted by molar-refractivity contribution is 5.79. The summed E-state index contributed by atoms with van der Waals surface area (Å²) in [5.41, 5.74) is 10.9. The molecular weight excluding hydrogens is 340 g/mol. The number of aryl methyl sites for hydroxylation is 3. The van der Waals surface area contributed by atoms with Crippen molar-refractivity contribution in [1.82, 2.24) is 24.9 Å². The molecule has 3 aromatic rings. The van der Waals surface area contributed by atoms with E-state index >= 15 is 0 Å². The summed E-state index contributed by atoms with van der Waals surface area (Å²) in [4.78, 5) is 12.2. The first-order chi connectivity index (χ1) is 13.0. The molecule has 2 aromatic heterocycles. The molecule has 3 rings (SSSR count). The highest BCUT2D eigenvalue weighted by Crippen LogP contribution is 2.15. The Balaban J connectivity index is 1.48. The average molecular weight is 366 g/mol.